The van der Waals surface area contributed by atoms with Crippen molar-refractivity contribution in [3.8, 4) is 0 Å². The molecule has 0 aromatic rings. The fourth-order valence-corrected chi connectivity index (χ4v) is 0.476. The van der Waals surface area contributed by atoms with Crippen LogP contribution in [0.4, 0.5) is 0 Å². The van der Waals surface area contributed by atoms with E-state index in [1.54, 1.807) is 0 Å². The Morgan fingerprint density at radius 1 is 1.25 bits per heavy atom. The van der Waals surface area contributed by atoms with Gasteiger partial charge in [-0.2, -0.15) is 0 Å². The van der Waals surface area contributed by atoms with E-state index in [0.29, 0.717) is 13.0 Å². The molecule has 0 aromatic carbocycles. The van der Waals surface area contributed by atoms with Crippen LogP contribution >= 0.6 is 0 Å². The van der Waals surface area contributed by atoms with E-state index in [4.69, 9.17) is 15.9 Å². The molecular weight excluding hydrogens is 106 g/mol. The summed E-state index contributed by atoms with van der Waals surface area (Å²) in [5.41, 5.74) is 5.16. The van der Waals surface area contributed by atoms with E-state index in [1.165, 1.54) is 0 Å². The number of hydrogen-bond donors (Lipinski definition) is 3. The standard InChI is InChI=1S/C5H13NO2/c6-2-1-5(3-7)4-8/h5,7-8H,1-4,6H2. The first-order valence-corrected chi connectivity index (χ1v) is 2.77. The molecule has 0 atom stereocenters. The Balaban J connectivity index is 3.07. The molecular formula is C5H13NO2. The Hall–Kier alpha value is -0.120. The van der Waals surface area contributed by atoms with Gasteiger partial charge in [0.2, 0.25) is 0 Å². The lowest BCUT2D eigenvalue weighted by atomic mass is 10.1. The highest BCUT2D eigenvalue weighted by Gasteiger charge is 2.01. The second-order valence-electron chi connectivity index (χ2n) is 1.81. The maximum Gasteiger partial charge on any atom is 0.0481 e. The SMILES string of the molecule is NCCC(CO)CO. The van der Waals surface area contributed by atoms with Gasteiger partial charge in [-0.05, 0) is 13.0 Å². The molecule has 0 amide bonds. The van der Waals surface area contributed by atoms with Crippen molar-refractivity contribution in [1.82, 2.24) is 0 Å². The first-order chi connectivity index (χ1) is 3.85. The Kier molecular flexibility index (Phi) is 4.95. The van der Waals surface area contributed by atoms with E-state index in [0.717, 1.165) is 0 Å². The van der Waals surface area contributed by atoms with E-state index in [-0.39, 0.29) is 19.1 Å². The van der Waals surface area contributed by atoms with E-state index in [2.05, 4.69) is 0 Å². The van der Waals surface area contributed by atoms with Crippen LogP contribution in [0, 0.1) is 5.92 Å². The van der Waals surface area contributed by atoms with Crippen LogP contribution < -0.4 is 5.73 Å². The lowest BCUT2D eigenvalue weighted by Gasteiger charge is -2.06. The maximum atomic E-state index is 8.44. The minimum Gasteiger partial charge on any atom is -0.396 e. The third kappa shape index (κ3) is 2.96. The molecule has 0 aliphatic heterocycles. The predicted octanol–water partition coefficient (Wildman–Crippen LogP) is -1.06. The van der Waals surface area contributed by atoms with Crippen molar-refractivity contribution in [3.63, 3.8) is 0 Å². The first-order valence-electron chi connectivity index (χ1n) is 2.77. The highest BCUT2D eigenvalue weighted by atomic mass is 16.3. The molecule has 0 saturated heterocycles. The molecule has 0 aromatic heterocycles. The predicted molar refractivity (Wildman–Crippen MR) is 31.3 cm³/mol. The molecule has 0 heterocycles. The summed E-state index contributed by atoms with van der Waals surface area (Å²) < 4.78 is 0. The van der Waals surface area contributed by atoms with Crippen molar-refractivity contribution in [3.05, 3.63) is 0 Å². The lowest BCUT2D eigenvalue weighted by molar-refractivity contribution is 0.145. The first kappa shape index (κ1) is 7.88. The van der Waals surface area contributed by atoms with Crippen LogP contribution in [-0.4, -0.2) is 30.0 Å². The van der Waals surface area contributed by atoms with Gasteiger partial charge in [0.05, 0.1) is 0 Å². The molecule has 4 N–H and O–H groups in total. The minimum atomic E-state index is -0.0139. The van der Waals surface area contributed by atoms with Gasteiger partial charge < -0.3 is 15.9 Å². The van der Waals surface area contributed by atoms with Crippen molar-refractivity contribution in [1.29, 1.82) is 0 Å². The summed E-state index contributed by atoms with van der Waals surface area (Å²) in [6, 6.07) is 0. The van der Waals surface area contributed by atoms with Gasteiger partial charge >= 0.3 is 0 Å². The Morgan fingerprint density at radius 2 is 1.75 bits per heavy atom. The molecule has 0 saturated carbocycles. The number of hydrogen-bond acceptors (Lipinski definition) is 3. The molecule has 8 heavy (non-hydrogen) atoms. The normalized spacial score (nSPS) is 10.5. The molecule has 0 radical (unpaired) electrons. The van der Waals surface area contributed by atoms with Gasteiger partial charge in [0.1, 0.15) is 0 Å². The van der Waals surface area contributed by atoms with Crippen molar-refractivity contribution < 1.29 is 10.2 Å². The zero-order valence-electron chi connectivity index (χ0n) is 4.88. The van der Waals surface area contributed by atoms with Gasteiger partial charge in [0, 0.05) is 19.1 Å². The third-order valence-electron chi connectivity index (χ3n) is 1.09. The zero-order chi connectivity index (χ0) is 6.41. The van der Waals surface area contributed by atoms with Crippen LogP contribution in [0.2, 0.25) is 0 Å². The van der Waals surface area contributed by atoms with Crippen molar-refractivity contribution in [2.24, 2.45) is 11.7 Å². The second-order valence-corrected chi connectivity index (χ2v) is 1.81. The number of nitrogens with two attached hydrogens (primary N) is 1. The summed E-state index contributed by atoms with van der Waals surface area (Å²) in [5, 5.41) is 16.9. The van der Waals surface area contributed by atoms with Crippen molar-refractivity contribution >= 4 is 0 Å². The number of aliphatic hydroxyl groups is 2. The molecule has 0 bridgehead atoms. The fourth-order valence-electron chi connectivity index (χ4n) is 0.476. The van der Waals surface area contributed by atoms with E-state index in [1.807, 2.05) is 0 Å². The molecule has 0 aliphatic carbocycles. The zero-order valence-corrected chi connectivity index (χ0v) is 4.88. The quantitative estimate of drug-likeness (QED) is 0.441. The summed E-state index contributed by atoms with van der Waals surface area (Å²) in [4.78, 5) is 0. The average Bonchev–Trinajstić information content (AvgIpc) is 1.83. The Bertz CT molecular complexity index is 45.7. The summed E-state index contributed by atoms with van der Waals surface area (Å²) in [7, 11) is 0. The van der Waals surface area contributed by atoms with Crippen LogP contribution in [0.15, 0.2) is 0 Å². The highest BCUT2D eigenvalue weighted by Crippen LogP contribution is 1.96. The van der Waals surface area contributed by atoms with Gasteiger partial charge in [-0.25, -0.2) is 0 Å². The van der Waals surface area contributed by atoms with Crippen molar-refractivity contribution in [2.45, 2.75) is 6.42 Å². The van der Waals surface area contributed by atoms with Gasteiger partial charge in [-0.15, -0.1) is 0 Å². The third-order valence-corrected chi connectivity index (χ3v) is 1.09. The number of rotatable bonds is 4. The maximum absolute atomic E-state index is 8.44. The summed E-state index contributed by atoms with van der Waals surface area (Å²) in [6.45, 7) is 0.604. The fraction of sp³-hybridized carbons (Fsp3) is 1.00. The van der Waals surface area contributed by atoms with Gasteiger partial charge in [0.25, 0.3) is 0 Å². The Morgan fingerprint density at radius 3 is 1.88 bits per heavy atom. The van der Waals surface area contributed by atoms with Gasteiger partial charge in [0.15, 0.2) is 0 Å². The molecule has 0 unspecified atom stereocenters. The summed E-state index contributed by atoms with van der Waals surface area (Å²) >= 11 is 0. The minimum absolute atomic E-state index is 0.0139. The molecule has 0 aliphatic rings. The van der Waals surface area contributed by atoms with Crippen molar-refractivity contribution in [2.75, 3.05) is 19.8 Å². The smallest absolute Gasteiger partial charge is 0.0481 e. The highest BCUT2D eigenvalue weighted by molar-refractivity contribution is 4.54. The monoisotopic (exact) mass is 119 g/mol. The van der Waals surface area contributed by atoms with Crippen LogP contribution in [0.5, 0.6) is 0 Å². The molecule has 0 rings (SSSR count). The average molecular weight is 119 g/mol. The summed E-state index contributed by atoms with van der Waals surface area (Å²) in [5.74, 6) is -0.0139. The van der Waals surface area contributed by atoms with E-state index < -0.39 is 0 Å². The topological polar surface area (TPSA) is 66.5 Å². The Labute approximate surface area is 49.1 Å². The van der Waals surface area contributed by atoms with Gasteiger partial charge in [-0.1, -0.05) is 0 Å². The molecule has 50 valence electrons. The molecule has 0 fully saturated rings. The van der Waals surface area contributed by atoms with Crippen LogP contribution in [0.1, 0.15) is 6.42 Å². The molecule has 0 spiro atoms. The van der Waals surface area contributed by atoms with Crippen LogP contribution in [-0.2, 0) is 0 Å². The molecule has 3 heteroatoms. The van der Waals surface area contributed by atoms with Crippen LogP contribution in [0.25, 0.3) is 0 Å². The number of aliphatic hydroxyl groups excluding tert-OH is 2. The van der Waals surface area contributed by atoms with Gasteiger partial charge in [-0.3, -0.25) is 0 Å². The van der Waals surface area contributed by atoms with E-state index in [9.17, 15) is 0 Å². The van der Waals surface area contributed by atoms with E-state index >= 15 is 0 Å². The second kappa shape index (κ2) is 5.03. The van der Waals surface area contributed by atoms with Crippen LogP contribution in [0.3, 0.4) is 0 Å². The molecule has 3 nitrogen and oxygen atoms in total. The largest absolute Gasteiger partial charge is 0.396 e. The summed E-state index contributed by atoms with van der Waals surface area (Å²) in [6.07, 6.45) is 0.701. The lowest BCUT2D eigenvalue weighted by Crippen LogP contribution is -2.15.